The van der Waals surface area contributed by atoms with Crippen LogP contribution >= 0.6 is 0 Å². The highest BCUT2D eigenvalue weighted by Crippen LogP contribution is 2.29. The van der Waals surface area contributed by atoms with E-state index in [1.165, 1.54) is 25.3 Å². The summed E-state index contributed by atoms with van der Waals surface area (Å²) in [5.41, 5.74) is -0.263. The van der Waals surface area contributed by atoms with Crippen LogP contribution < -0.4 is 20.1 Å². The highest BCUT2D eigenvalue weighted by Gasteiger charge is 2.27. The molecule has 0 unspecified atom stereocenters. The number of ether oxygens (including phenoxy) is 2. The summed E-state index contributed by atoms with van der Waals surface area (Å²) in [6.45, 7) is 0.273. The molecule has 0 saturated heterocycles. The van der Waals surface area contributed by atoms with Gasteiger partial charge in [0.05, 0.1) is 7.11 Å². The summed E-state index contributed by atoms with van der Waals surface area (Å²) in [6, 6.07) is 6.08. The van der Waals surface area contributed by atoms with Gasteiger partial charge in [-0.15, -0.1) is 0 Å². The van der Waals surface area contributed by atoms with Gasteiger partial charge in [0.2, 0.25) is 5.91 Å². The van der Waals surface area contributed by atoms with Crippen molar-refractivity contribution in [1.82, 2.24) is 10.6 Å². The Morgan fingerprint density at radius 2 is 1.68 bits per heavy atom. The Hall–Kier alpha value is -3.30. The fraction of sp³-hybridized carbons (Fsp3) is 0.333. The first-order valence-corrected chi connectivity index (χ1v) is 9.28. The van der Waals surface area contributed by atoms with E-state index in [9.17, 15) is 27.2 Å². The number of rotatable bonds is 9. The predicted octanol–water partition coefficient (Wildman–Crippen LogP) is 3.65. The number of halogens is 4. The second kappa shape index (κ2) is 10.6. The second-order valence-corrected chi connectivity index (χ2v) is 6.87. The summed E-state index contributed by atoms with van der Waals surface area (Å²) in [4.78, 5) is 24.9. The number of carbonyl (C=O) groups is 2. The van der Waals surface area contributed by atoms with Gasteiger partial charge in [-0.2, -0.15) is 8.78 Å². The minimum atomic E-state index is -3.02. The van der Waals surface area contributed by atoms with Crippen molar-refractivity contribution in [2.75, 3.05) is 7.11 Å². The average molecular weight is 442 g/mol. The Morgan fingerprint density at radius 1 is 1.03 bits per heavy atom. The SMILES string of the molecule is COc1cc(CNC(=O)[C@@H](NC(=O)c2c(F)cccc2F)C(C)C)ccc1OC(F)F. The molecule has 0 saturated carbocycles. The number of hydrogen-bond acceptors (Lipinski definition) is 4. The van der Waals surface area contributed by atoms with Crippen molar-refractivity contribution >= 4 is 11.8 Å². The average Bonchev–Trinajstić information content (AvgIpc) is 2.70. The predicted molar refractivity (Wildman–Crippen MR) is 104 cm³/mol. The number of methoxy groups -OCH3 is 1. The van der Waals surface area contributed by atoms with E-state index >= 15 is 0 Å². The molecule has 0 aliphatic carbocycles. The van der Waals surface area contributed by atoms with E-state index in [0.717, 1.165) is 18.2 Å². The van der Waals surface area contributed by atoms with E-state index in [0.29, 0.717) is 5.56 Å². The van der Waals surface area contributed by atoms with Crippen LogP contribution in [-0.4, -0.2) is 31.6 Å². The zero-order valence-corrected chi connectivity index (χ0v) is 17.0. The van der Waals surface area contributed by atoms with E-state index in [1.807, 2.05) is 0 Å². The first-order valence-electron chi connectivity index (χ1n) is 9.28. The minimum Gasteiger partial charge on any atom is -0.493 e. The quantitative estimate of drug-likeness (QED) is 0.582. The van der Waals surface area contributed by atoms with Gasteiger partial charge in [0, 0.05) is 6.54 Å². The van der Waals surface area contributed by atoms with E-state index in [-0.39, 0.29) is 18.0 Å². The standard InChI is InChI=1S/C21H22F4N2O4/c1-11(2)18(27-19(28)17-13(22)5-4-6-14(17)23)20(29)26-10-12-7-8-15(31-21(24)25)16(9-12)30-3/h4-9,11,18,21H,10H2,1-3H3,(H,26,29)(H,27,28)/t18-/m0/s1. The molecule has 2 aromatic rings. The highest BCUT2D eigenvalue weighted by atomic mass is 19.3. The third kappa shape index (κ3) is 6.34. The molecular weight excluding hydrogens is 420 g/mol. The molecule has 6 nitrogen and oxygen atoms in total. The first-order chi connectivity index (χ1) is 14.6. The number of alkyl halides is 2. The van der Waals surface area contributed by atoms with Gasteiger partial charge in [-0.3, -0.25) is 9.59 Å². The van der Waals surface area contributed by atoms with Crippen LogP contribution in [-0.2, 0) is 11.3 Å². The van der Waals surface area contributed by atoms with Crippen molar-refractivity contribution in [3.8, 4) is 11.5 Å². The van der Waals surface area contributed by atoms with Gasteiger partial charge in [-0.05, 0) is 35.7 Å². The monoisotopic (exact) mass is 442 g/mol. The molecule has 31 heavy (non-hydrogen) atoms. The maximum atomic E-state index is 13.8. The molecule has 2 amide bonds. The summed E-state index contributed by atoms with van der Waals surface area (Å²) in [6.07, 6.45) is 0. The van der Waals surface area contributed by atoms with Crippen molar-refractivity contribution in [3.63, 3.8) is 0 Å². The largest absolute Gasteiger partial charge is 0.493 e. The molecule has 0 fully saturated rings. The molecule has 2 aromatic carbocycles. The number of benzene rings is 2. The highest BCUT2D eigenvalue weighted by molar-refractivity contribution is 5.98. The molecule has 0 aliphatic heterocycles. The molecular formula is C21H22F4N2O4. The lowest BCUT2D eigenvalue weighted by Gasteiger charge is -2.22. The molecule has 10 heteroatoms. The van der Waals surface area contributed by atoms with E-state index < -0.39 is 47.6 Å². The van der Waals surface area contributed by atoms with Crippen LogP contribution in [0.2, 0.25) is 0 Å². The third-order valence-electron chi connectivity index (χ3n) is 4.34. The molecule has 2 N–H and O–H groups in total. The lowest BCUT2D eigenvalue weighted by atomic mass is 10.0. The lowest BCUT2D eigenvalue weighted by Crippen LogP contribution is -2.49. The summed E-state index contributed by atoms with van der Waals surface area (Å²) in [7, 11) is 1.28. The molecule has 0 aliphatic rings. The fourth-order valence-electron chi connectivity index (χ4n) is 2.78. The van der Waals surface area contributed by atoms with E-state index in [4.69, 9.17) is 4.74 Å². The molecule has 0 radical (unpaired) electrons. The smallest absolute Gasteiger partial charge is 0.387 e. The zero-order chi connectivity index (χ0) is 23.1. The Bertz CT molecular complexity index is 917. The lowest BCUT2D eigenvalue weighted by molar-refractivity contribution is -0.124. The molecule has 0 heterocycles. The molecule has 2 rings (SSSR count). The Labute approximate surface area is 176 Å². The maximum absolute atomic E-state index is 13.8. The van der Waals surface area contributed by atoms with Crippen molar-refractivity contribution in [2.45, 2.75) is 33.0 Å². The van der Waals surface area contributed by atoms with Gasteiger partial charge in [0.1, 0.15) is 23.2 Å². The van der Waals surface area contributed by atoms with Crippen LogP contribution in [0.3, 0.4) is 0 Å². The van der Waals surface area contributed by atoms with Gasteiger partial charge in [-0.1, -0.05) is 26.0 Å². The summed E-state index contributed by atoms with van der Waals surface area (Å²) < 4.78 is 61.8. The molecule has 1 atom stereocenters. The molecule has 0 bridgehead atoms. The van der Waals surface area contributed by atoms with E-state index in [2.05, 4.69) is 15.4 Å². The number of carbonyl (C=O) groups excluding carboxylic acids is 2. The number of nitrogens with one attached hydrogen (secondary N) is 2. The third-order valence-corrected chi connectivity index (χ3v) is 4.34. The van der Waals surface area contributed by atoms with Gasteiger partial charge in [-0.25, -0.2) is 8.78 Å². The van der Waals surface area contributed by atoms with Gasteiger partial charge >= 0.3 is 6.61 Å². The van der Waals surface area contributed by atoms with Crippen LogP contribution in [0.15, 0.2) is 36.4 Å². The molecule has 168 valence electrons. The summed E-state index contributed by atoms with van der Waals surface area (Å²) in [5.74, 6) is -4.23. The molecule has 0 aromatic heterocycles. The van der Waals surface area contributed by atoms with E-state index in [1.54, 1.807) is 13.8 Å². The van der Waals surface area contributed by atoms with Crippen LogP contribution in [0, 0.1) is 17.6 Å². The van der Waals surface area contributed by atoms with Crippen LogP contribution in [0.1, 0.15) is 29.8 Å². The van der Waals surface area contributed by atoms with Crippen LogP contribution in [0.5, 0.6) is 11.5 Å². The fourth-order valence-corrected chi connectivity index (χ4v) is 2.78. The minimum absolute atomic E-state index is 0.0166. The van der Waals surface area contributed by atoms with Crippen LogP contribution in [0.25, 0.3) is 0 Å². The number of hydrogen-bond donors (Lipinski definition) is 2. The van der Waals surface area contributed by atoms with Crippen LogP contribution in [0.4, 0.5) is 17.6 Å². The Kier molecular flexibility index (Phi) is 8.23. The van der Waals surface area contributed by atoms with Gasteiger partial charge in [0.15, 0.2) is 11.5 Å². The maximum Gasteiger partial charge on any atom is 0.387 e. The van der Waals surface area contributed by atoms with Gasteiger partial charge in [0.25, 0.3) is 5.91 Å². The zero-order valence-electron chi connectivity index (χ0n) is 17.0. The summed E-state index contributed by atoms with van der Waals surface area (Å²) >= 11 is 0. The van der Waals surface area contributed by atoms with Gasteiger partial charge < -0.3 is 20.1 Å². The first kappa shape index (κ1) is 24.0. The number of amides is 2. The Balaban J connectivity index is 2.08. The topological polar surface area (TPSA) is 76.7 Å². The van der Waals surface area contributed by atoms with Crippen molar-refractivity contribution < 1.29 is 36.6 Å². The Morgan fingerprint density at radius 3 is 2.23 bits per heavy atom. The van der Waals surface area contributed by atoms with Crippen molar-refractivity contribution in [2.24, 2.45) is 5.92 Å². The second-order valence-electron chi connectivity index (χ2n) is 6.87. The van der Waals surface area contributed by atoms with Crippen molar-refractivity contribution in [3.05, 3.63) is 59.2 Å². The molecule has 0 spiro atoms. The van der Waals surface area contributed by atoms with Crippen molar-refractivity contribution in [1.29, 1.82) is 0 Å². The normalized spacial score (nSPS) is 11.9. The summed E-state index contributed by atoms with van der Waals surface area (Å²) in [5, 5.41) is 4.94.